The number of para-hydroxylation sites is 1. The van der Waals surface area contributed by atoms with Gasteiger partial charge in [-0.1, -0.05) is 135 Å². The molecular formula is C47H33N. The average Bonchev–Trinajstić information content (AvgIpc) is 3.72. The van der Waals surface area contributed by atoms with Gasteiger partial charge < -0.3 is 4.57 Å². The number of aryl methyl sites for hydroxylation is 1. The van der Waals surface area contributed by atoms with Crippen molar-refractivity contribution in [1.82, 2.24) is 4.57 Å². The highest BCUT2D eigenvalue weighted by Gasteiger charge is 2.38. The highest BCUT2D eigenvalue weighted by atomic mass is 15.0. The summed E-state index contributed by atoms with van der Waals surface area (Å²) in [5, 5.41) is 5.48. The van der Waals surface area contributed by atoms with Gasteiger partial charge in [-0.15, -0.1) is 0 Å². The number of hydrogen-bond donors (Lipinski definition) is 0. The normalized spacial score (nSPS) is 15.0. The molecule has 0 bridgehead atoms. The summed E-state index contributed by atoms with van der Waals surface area (Å²) in [6, 6.07) is 50.2. The maximum Gasteiger partial charge on any atom is 0.0541 e. The van der Waals surface area contributed by atoms with Crippen LogP contribution in [-0.2, 0) is 11.8 Å². The zero-order chi connectivity index (χ0) is 31.7. The molecule has 3 aliphatic rings. The van der Waals surface area contributed by atoms with Gasteiger partial charge in [0.25, 0.3) is 0 Å². The lowest BCUT2D eigenvalue weighted by Crippen LogP contribution is -2.15. The zero-order valence-corrected chi connectivity index (χ0v) is 27.1. The van der Waals surface area contributed by atoms with Crippen LogP contribution in [0.4, 0.5) is 0 Å². The van der Waals surface area contributed by atoms with Gasteiger partial charge in [0, 0.05) is 21.9 Å². The highest BCUT2D eigenvalue weighted by molar-refractivity contribution is 6.19. The van der Waals surface area contributed by atoms with Crippen LogP contribution in [0.3, 0.4) is 0 Å². The Labute approximate surface area is 280 Å². The minimum atomic E-state index is -0.0598. The molecular weight excluding hydrogens is 579 g/mol. The molecule has 0 radical (unpaired) electrons. The third kappa shape index (κ3) is 3.31. The van der Waals surface area contributed by atoms with Gasteiger partial charge in [-0.3, -0.25) is 0 Å². The Morgan fingerprint density at radius 1 is 0.500 bits per heavy atom. The van der Waals surface area contributed by atoms with Gasteiger partial charge in [-0.2, -0.15) is 0 Å². The topological polar surface area (TPSA) is 4.93 Å². The average molecular weight is 612 g/mol. The number of fused-ring (bicyclic) bond motifs is 11. The third-order valence-electron chi connectivity index (χ3n) is 11.6. The summed E-state index contributed by atoms with van der Waals surface area (Å²) in [7, 11) is 0. The van der Waals surface area contributed by atoms with Crippen molar-refractivity contribution in [1.29, 1.82) is 0 Å². The van der Waals surface area contributed by atoms with Crippen molar-refractivity contribution >= 4 is 44.4 Å². The van der Waals surface area contributed by atoms with E-state index in [1.54, 1.807) is 0 Å². The second-order valence-corrected chi connectivity index (χ2v) is 14.4. The standard InChI is InChI=1S/C47H33N/c1-47(2)41-16-7-5-12-35(41)39-24-25-43-45(46(39)47)40-13-6-8-17-42(40)48(43)31-21-20-28-26-30(19-18-29(28)27-31)32-22-23-38-34-11-4-3-10-33(34)37-15-9-14-36(32)44(37)38/h3-19,22-27H,20-21H2,1-2H3. The van der Waals surface area contributed by atoms with Crippen molar-refractivity contribution in [3.05, 3.63) is 156 Å². The van der Waals surface area contributed by atoms with Crippen LogP contribution in [0.2, 0.25) is 0 Å². The van der Waals surface area contributed by atoms with Crippen molar-refractivity contribution in [2.45, 2.75) is 32.1 Å². The second-order valence-electron chi connectivity index (χ2n) is 14.4. The lowest BCUT2D eigenvalue weighted by Gasteiger charge is -2.23. The summed E-state index contributed by atoms with van der Waals surface area (Å²) in [6.45, 7) is 4.80. The second kappa shape index (κ2) is 9.24. The molecule has 0 spiro atoms. The van der Waals surface area contributed by atoms with Crippen LogP contribution in [-0.4, -0.2) is 4.57 Å². The minimum absolute atomic E-state index is 0.0598. The Morgan fingerprint density at radius 2 is 1.19 bits per heavy atom. The summed E-state index contributed by atoms with van der Waals surface area (Å²) in [5.74, 6) is 0. The van der Waals surface area contributed by atoms with Gasteiger partial charge in [0.05, 0.1) is 11.0 Å². The highest BCUT2D eigenvalue weighted by Crippen LogP contribution is 2.54. The molecule has 1 heteroatoms. The van der Waals surface area contributed by atoms with Crippen molar-refractivity contribution in [2.24, 2.45) is 0 Å². The van der Waals surface area contributed by atoms with E-state index >= 15 is 0 Å². The molecule has 48 heavy (non-hydrogen) atoms. The Bertz CT molecular complexity index is 2720. The van der Waals surface area contributed by atoms with Crippen molar-refractivity contribution in [3.63, 3.8) is 0 Å². The molecule has 0 aliphatic heterocycles. The molecule has 0 saturated heterocycles. The molecule has 8 aromatic rings. The lowest BCUT2D eigenvalue weighted by atomic mass is 9.80. The first-order chi connectivity index (χ1) is 23.6. The number of rotatable bonds is 2. The molecule has 1 aromatic heterocycles. The van der Waals surface area contributed by atoms with Crippen LogP contribution in [0, 0.1) is 0 Å². The summed E-state index contributed by atoms with van der Waals surface area (Å²) in [5.41, 5.74) is 20.4. The molecule has 226 valence electrons. The van der Waals surface area contributed by atoms with Crippen molar-refractivity contribution in [3.8, 4) is 44.5 Å². The van der Waals surface area contributed by atoms with E-state index in [2.05, 4.69) is 158 Å². The van der Waals surface area contributed by atoms with Gasteiger partial charge in [-0.25, -0.2) is 0 Å². The van der Waals surface area contributed by atoms with Crippen LogP contribution in [0.1, 0.15) is 42.5 Å². The largest absolute Gasteiger partial charge is 0.313 e. The van der Waals surface area contributed by atoms with E-state index in [1.165, 1.54) is 105 Å². The van der Waals surface area contributed by atoms with E-state index in [4.69, 9.17) is 0 Å². The number of aromatic nitrogens is 1. The molecule has 11 rings (SSSR count). The molecule has 0 atom stereocenters. The SMILES string of the molecule is CC1(C)c2ccccc2-c2ccc3c(c21)c1ccccc1n3C1=Cc2ccc(-c3ccc4c5c(cccc35)-c3ccccc3-4)cc2CC1. The quantitative estimate of drug-likeness (QED) is 0.183. The van der Waals surface area contributed by atoms with Gasteiger partial charge >= 0.3 is 0 Å². The van der Waals surface area contributed by atoms with Gasteiger partial charge in [-0.05, 0) is 109 Å². The van der Waals surface area contributed by atoms with E-state index in [0.29, 0.717) is 0 Å². The first-order valence-electron chi connectivity index (χ1n) is 17.2. The fourth-order valence-corrected chi connectivity index (χ4v) is 9.52. The Morgan fingerprint density at radius 3 is 2.06 bits per heavy atom. The monoisotopic (exact) mass is 611 g/mol. The third-order valence-corrected chi connectivity index (χ3v) is 11.6. The van der Waals surface area contributed by atoms with E-state index in [0.717, 1.165) is 12.8 Å². The van der Waals surface area contributed by atoms with Crippen LogP contribution >= 0.6 is 0 Å². The van der Waals surface area contributed by atoms with Gasteiger partial charge in [0.1, 0.15) is 0 Å². The first kappa shape index (κ1) is 26.4. The number of benzene rings is 7. The van der Waals surface area contributed by atoms with Crippen molar-refractivity contribution in [2.75, 3.05) is 0 Å². The fraction of sp³-hybridized carbons (Fsp3) is 0.106. The fourth-order valence-electron chi connectivity index (χ4n) is 9.52. The van der Waals surface area contributed by atoms with Crippen LogP contribution in [0.25, 0.3) is 88.9 Å². The molecule has 3 aliphatic carbocycles. The predicted octanol–water partition coefficient (Wildman–Crippen LogP) is 12.5. The smallest absolute Gasteiger partial charge is 0.0541 e. The Hall–Kier alpha value is -5.66. The van der Waals surface area contributed by atoms with Gasteiger partial charge in [0.2, 0.25) is 0 Å². The summed E-state index contributed by atoms with van der Waals surface area (Å²) < 4.78 is 2.56. The van der Waals surface area contributed by atoms with Crippen LogP contribution in [0.15, 0.2) is 133 Å². The van der Waals surface area contributed by atoms with E-state index in [-0.39, 0.29) is 5.41 Å². The summed E-state index contributed by atoms with van der Waals surface area (Å²) in [6.07, 6.45) is 4.48. The molecule has 7 aromatic carbocycles. The molecule has 0 fully saturated rings. The van der Waals surface area contributed by atoms with Gasteiger partial charge in [0.15, 0.2) is 0 Å². The molecule has 1 nitrogen and oxygen atoms in total. The van der Waals surface area contributed by atoms with Crippen LogP contribution in [0.5, 0.6) is 0 Å². The molecule has 0 amide bonds. The lowest BCUT2D eigenvalue weighted by molar-refractivity contribution is 0.666. The molecule has 0 unspecified atom stereocenters. The van der Waals surface area contributed by atoms with E-state index in [1.807, 2.05) is 0 Å². The summed E-state index contributed by atoms with van der Waals surface area (Å²) in [4.78, 5) is 0. The number of allylic oxidation sites excluding steroid dienone is 1. The molecule has 1 heterocycles. The summed E-state index contributed by atoms with van der Waals surface area (Å²) >= 11 is 0. The predicted molar refractivity (Wildman–Crippen MR) is 203 cm³/mol. The maximum atomic E-state index is 2.56. The molecule has 0 saturated carbocycles. The van der Waals surface area contributed by atoms with Crippen molar-refractivity contribution < 1.29 is 0 Å². The van der Waals surface area contributed by atoms with Crippen LogP contribution < -0.4 is 0 Å². The van der Waals surface area contributed by atoms with E-state index < -0.39 is 0 Å². The zero-order valence-electron chi connectivity index (χ0n) is 27.1. The maximum absolute atomic E-state index is 2.56. The minimum Gasteiger partial charge on any atom is -0.313 e. The Balaban J connectivity index is 1.06. The Kier molecular flexibility index (Phi) is 5.08. The molecule has 0 N–H and O–H groups in total. The number of hydrogen-bond acceptors (Lipinski definition) is 0. The first-order valence-corrected chi connectivity index (χ1v) is 17.2. The van der Waals surface area contributed by atoms with E-state index in [9.17, 15) is 0 Å². The number of nitrogens with zero attached hydrogens (tertiary/aromatic N) is 1.